The van der Waals surface area contributed by atoms with Gasteiger partial charge in [-0.25, -0.2) is 0 Å². The lowest BCUT2D eigenvalue weighted by atomic mass is 10.0. The highest BCUT2D eigenvalue weighted by atomic mass is 16.3. The summed E-state index contributed by atoms with van der Waals surface area (Å²) in [6.07, 6.45) is -3.29. The van der Waals surface area contributed by atoms with E-state index in [-0.39, 0.29) is 6.29 Å². The predicted octanol–water partition coefficient (Wildman–Crippen LogP) is -1.78. The van der Waals surface area contributed by atoms with Crippen LogP contribution in [-0.4, -0.2) is 65.0 Å². The Morgan fingerprint density at radius 3 is 1.92 bits per heavy atom. The van der Waals surface area contributed by atoms with Crippen LogP contribution < -0.4 is 0 Å². The number of carbonyl (C=O) groups is 1. The quantitative estimate of drug-likeness (QED) is 0.448. The third-order valence-corrected chi connectivity index (χ3v) is 1.93. The van der Waals surface area contributed by atoms with E-state index in [2.05, 4.69) is 0 Å². The zero-order valence-electron chi connectivity index (χ0n) is 8.08. The van der Waals surface area contributed by atoms with E-state index in [1.54, 1.807) is 19.0 Å². The topological polar surface area (TPSA) is 81.0 Å². The van der Waals surface area contributed by atoms with Gasteiger partial charge in [-0.2, -0.15) is 0 Å². The zero-order chi connectivity index (χ0) is 10.6. The van der Waals surface area contributed by atoms with Gasteiger partial charge in [0.1, 0.15) is 12.2 Å². The highest BCUT2D eigenvalue weighted by Gasteiger charge is 2.31. The molecule has 0 bridgehead atoms. The van der Waals surface area contributed by atoms with E-state index < -0.39 is 24.4 Å². The second kappa shape index (κ2) is 5.29. The first-order valence-electron chi connectivity index (χ1n) is 4.07. The Kier molecular flexibility index (Phi) is 5.09. The maximum Gasteiger partial charge on any atom is 0.151 e. The van der Waals surface area contributed by atoms with Crippen LogP contribution in [0.25, 0.3) is 0 Å². The van der Waals surface area contributed by atoms with Gasteiger partial charge in [-0.3, -0.25) is 0 Å². The van der Waals surface area contributed by atoms with Gasteiger partial charge in [-0.1, -0.05) is 0 Å². The van der Waals surface area contributed by atoms with Crippen LogP contribution in [0.5, 0.6) is 0 Å². The minimum atomic E-state index is -1.46. The van der Waals surface area contributed by atoms with Crippen molar-refractivity contribution in [2.75, 3.05) is 14.1 Å². The van der Waals surface area contributed by atoms with Crippen molar-refractivity contribution in [1.29, 1.82) is 0 Å². The summed E-state index contributed by atoms with van der Waals surface area (Å²) in [5.74, 6) is 0. The summed E-state index contributed by atoms with van der Waals surface area (Å²) >= 11 is 0. The van der Waals surface area contributed by atoms with Crippen LogP contribution >= 0.6 is 0 Å². The molecule has 0 rings (SSSR count). The van der Waals surface area contributed by atoms with Gasteiger partial charge < -0.3 is 25.0 Å². The van der Waals surface area contributed by atoms with E-state index in [0.29, 0.717) is 0 Å². The number of aliphatic hydroxyl groups excluding tert-OH is 3. The van der Waals surface area contributed by atoms with Crippen molar-refractivity contribution >= 4 is 6.29 Å². The van der Waals surface area contributed by atoms with E-state index in [0.717, 1.165) is 0 Å². The Labute approximate surface area is 77.6 Å². The van der Waals surface area contributed by atoms with E-state index in [4.69, 9.17) is 5.11 Å². The molecule has 0 aromatic heterocycles. The van der Waals surface area contributed by atoms with Crippen molar-refractivity contribution in [3.05, 3.63) is 0 Å². The zero-order valence-corrected chi connectivity index (χ0v) is 8.08. The van der Waals surface area contributed by atoms with Crippen LogP contribution in [0.3, 0.4) is 0 Å². The predicted molar refractivity (Wildman–Crippen MR) is 47.2 cm³/mol. The molecule has 78 valence electrons. The van der Waals surface area contributed by atoms with Gasteiger partial charge >= 0.3 is 0 Å². The molecule has 5 heteroatoms. The largest absolute Gasteiger partial charge is 0.392 e. The molecule has 0 saturated heterocycles. The summed E-state index contributed by atoms with van der Waals surface area (Å²) < 4.78 is 0. The fourth-order valence-electron chi connectivity index (χ4n) is 1.30. The summed E-state index contributed by atoms with van der Waals surface area (Å²) in [7, 11) is 3.30. The molecule has 0 aliphatic heterocycles. The minimum Gasteiger partial charge on any atom is -0.392 e. The lowest BCUT2D eigenvalue weighted by molar-refractivity contribution is -0.125. The minimum absolute atomic E-state index is 0.254. The van der Waals surface area contributed by atoms with Crippen LogP contribution in [0.15, 0.2) is 0 Å². The fourth-order valence-corrected chi connectivity index (χ4v) is 1.30. The molecule has 0 heterocycles. The van der Waals surface area contributed by atoms with Crippen molar-refractivity contribution in [2.45, 2.75) is 31.3 Å². The van der Waals surface area contributed by atoms with Crippen molar-refractivity contribution in [1.82, 2.24) is 4.90 Å². The van der Waals surface area contributed by atoms with Crippen molar-refractivity contribution in [2.24, 2.45) is 0 Å². The van der Waals surface area contributed by atoms with E-state index in [9.17, 15) is 15.0 Å². The average Bonchev–Trinajstić information content (AvgIpc) is 2.01. The fraction of sp³-hybridized carbons (Fsp3) is 0.875. The summed E-state index contributed by atoms with van der Waals surface area (Å²) in [5.41, 5.74) is 0. The first-order valence-corrected chi connectivity index (χ1v) is 4.07. The number of carbonyl (C=O) groups excluding carboxylic acids is 1. The molecular weight excluding hydrogens is 174 g/mol. The highest BCUT2D eigenvalue weighted by Crippen LogP contribution is 2.08. The number of hydrogen-bond donors (Lipinski definition) is 3. The molecule has 13 heavy (non-hydrogen) atoms. The maximum atomic E-state index is 10.2. The van der Waals surface area contributed by atoms with Crippen molar-refractivity contribution in [3.63, 3.8) is 0 Å². The summed E-state index contributed by atoms with van der Waals surface area (Å²) in [6, 6.07) is -0.653. The number of aliphatic hydroxyl groups is 3. The van der Waals surface area contributed by atoms with Gasteiger partial charge in [0.25, 0.3) is 0 Å². The molecule has 0 aromatic rings. The molecule has 0 aromatic carbocycles. The number of rotatable bonds is 5. The molecular formula is C8H17NO4. The van der Waals surface area contributed by atoms with Crippen LogP contribution in [0.1, 0.15) is 6.92 Å². The SMILES string of the molecule is CC(O)C(C(O)C(O)C=O)N(C)C. The lowest BCUT2D eigenvalue weighted by Crippen LogP contribution is -2.51. The molecule has 0 saturated carbocycles. The third-order valence-electron chi connectivity index (χ3n) is 1.93. The number of nitrogens with zero attached hydrogens (tertiary/aromatic N) is 1. The number of hydrogen-bond acceptors (Lipinski definition) is 5. The van der Waals surface area contributed by atoms with Crippen LogP contribution in [-0.2, 0) is 4.79 Å². The molecule has 0 aliphatic carbocycles. The molecule has 4 unspecified atom stereocenters. The Morgan fingerprint density at radius 2 is 1.69 bits per heavy atom. The molecule has 4 atom stereocenters. The molecule has 0 amide bonds. The Hall–Kier alpha value is -0.490. The second-order valence-corrected chi connectivity index (χ2v) is 3.31. The van der Waals surface area contributed by atoms with Gasteiger partial charge in [-0.05, 0) is 21.0 Å². The Morgan fingerprint density at radius 1 is 1.23 bits per heavy atom. The van der Waals surface area contributed by atoms with Gasteiger partial charge in [-0.15, -0.1) is 0 Å². The van der Waals surface area contributed by atoms with Crippen LogP contribution in [0.2, 0.25) is 0 Å². The Balaban J connectivity index is 4.45. The lowest BCUT2D eigenvalue weighted by Gasteiger charge is -2.32. The van der Waals surface area contributed by atoms with E-state index in [1.807, 2.05) is 0 Å². The van der Waals surface area contributed by atoms with Crippen LogP contribution in [0, 0.1) is 0 Å². The molecule has 3 N–H and O–H groups in total. The number of likely N-dealkylation sites (N-methyl/N-ethyl adjacent to an activating group) is 1. The highest BCUT2D eigenvalue weighted by molar-refractivity contribution is 5.56. The van der Waals surface area contributed by atoms with Gasteiger partial charge in [0.15, 0.2) is 6.29 Å². The average molecular weight is 191 g/mol. The molecule has 0 fully saturated rings. The van der Waals surface area contributed by atoms with Crippen molar-refractivity contribution < 1.29 is 20.1 Å². The van der Waals surface area contributed by atoms with Crippen LogP contribution in [0.4, 0.5) is 0 Å². The molecule has 0 aliphatic rings. The first-order chi connectivity index (χ1) is 5.91. The molecule has 0 spiro atoms. The smallest absolute Gasteiger partial charge is 0.151 e. The van der Waals surface area contributed by atoms with Crippen molar-refractivity contribution in [3.8, 4) is 0 Å². The monoisotopic (exact) mass is 191 g/mol. The van der Waals surface area contributed by atoms with Gasteiger partial charge in [0.05, 0.1) is 12.1 Å². The summed E-state index contributed by atoms with van der Waals surface area (Å²) in [5, 5.41) is 27.7. The van der Waals surface area contributed by atoms with E-state index in [1.165, 1.54) is 6.92 Å². The van der Waals surface area contributed by atoms with E-state index >= 15 is 0 Å². The number of aldehydes is 1. The Bertz CT molecular complexity index is 152. The standard InChI is InChI=1S/C8H17NO4/c1-5(11)7(9(2)3)8(13)6(12)4-10/h4-8,11-13H,1-3H3. The molecule has 5 nitrogen and oxygen atoms in total. The summed E-state index contributed by atoms with van der Waals surface area (Å²) in [6.45, 7) is 1.49. The first kappa shape index (κ1) is 12.5. The molecule has 0 radical (unpaired) electrons. The van der Waals surface area contributed by atoms with Gasteiger partial charge in [0, 0.05) is 0 Å². The maximum absolute atomic E-state index is 10.2. The third kappa shape index (κ3) is 3.40. The normalized spacial score (nSPS) is 20.8. The second-order valence-electron chi connectivity index (χ2n) is 3.31. The van der Waals surface area contributed by atoms with Gasteiger partial charge in [0.2, 0.25) is 0 Å². The summed E-state index contributed by atoms with van der Waals surface area (Å²) in [4.78, 5) is 11.7.